The van der Waals surface area contributed by atoms with Crippen molar-refractivity contribution in [1.29, 1.82) is 0 Å². The van der Waals surface area contributed by atoms with Gasteiger partial charge in [-0.05, 0) is 29.0 Å². The summed E-state index contributed by atoms with van der Waals surface area (Å²) in [4.78, 5) is 4.32. The summed E-state index contributed by atoms with van der Waals surface area (Å²) >= 11 is 7.68. The minimum absolute atomic E-state index is 0.470. The Morgan fingerprint density at radius 3 is 2.94 bits per heavy atom. The van der Waals surface area contributed by atoms with Crippen molar-refractivity contribution in [3.05, 3.63) is 33.8 Å². The van der Waals surface area contributed by atoms with Crippen molar-refractivity contribution in [2.75, 3.05) is 12.0 Å². The van der Waals surface area contributed by atoms with Gasteiger partial charge in [-0.2, -0.15) is 0 Å². The van der Waals surface area contributed by atoms with Gasteiger partial charge in [0, 0.05) is 16.3 Å². The lowest BCUT2D eigenvalue weighted by Crippen LogP contribution is -2.26. The van der Waals surface area contributed by atoms with Gasteiger partial charge in [0.05, 0.1) is 5.52 Å². The number of hydrogen-bond donors (Lipinski definition) is 1. The number of nitrogens with two attached hydrogens (primary N) is 1. The van der Waals surface area contributed by atoms with Gasteiger partial charge in [-0.15, -0.1) is 11.8 Å². The topological polar surface area (TPSA) is 38.9 Å². The van der Waals surface area contributed by atoms with Gasteiger partial charge in [0.15, 0.2) is 0 Å². The molecular weight excluding hydrogens is 240 g/mol. The number of nitrogen functional groups attached to an aromatic ring is 1. The van der Waals surface area contributed by atoms with Crippen LogP contribution in [0, 0.1) is 0 Å². The van der Waals surface area contributed by atoms with Gasteiger partial charge in [0.1, 0.15) is 5.15 Å². The molecule has 0 atom stereocenters. The number of aromatic nitrogens is 1. The van der Waals surface area contributed by atoms with Gasteiger partial charge >= 0.3 is 0 Å². The highest BCUT2D eigenvalue weighted by Gasteiger charge is 2.02. The van der Waals surface area contributed by atoms with Crippen LogP contribution in [0.3, 0.4) is 0 Å². The number of hydrogen-bond acceptors (Lipinski definition) is 3. The molecule has 2 aromatic rings. The van der Waals surface area contributed by atoms with Crippen LogP contribution in [0.2, 0.25) is 5.15 Å². The molecular formula is C12H11ClN2S. The third kappa shape index (κ3) is 1.88. The number of nitrogens with zero attached hydrogens (tertiary/aromatic N) is 1. The van der Waals surface area contributed by atoms with E-state index in [-0.39, 0.29) is 0 Å². The van der Waals surface area contributed by atoms with E-state index < -0.39 is 0 Å². The first-order valence-corrected chi connectivity index (χ1v) is 6.36. The van der Waals surface area contributed by atoms with E-state index in [0.29, 0.717) is 10.8 Å². The average Bonchev–Trinajstić information content (AvgIpc) is 2.23. The zero-order valence-corrected chi connectivity index (χ0v) is 10.4. The van der Waals surface area contributed by atoms with Crippen molar-refractivity contribution in [2.24, 2.45) is 0 Å². The SMILES string of the molecule is C=c1/c(=C\SC)c(Cl)nc2cc(N)ccc12. The number of thioether (sulfide) groups is 1. The lowest BCUT2D eigenvalue weighted by Gasteiger charge is -2.02. The summed E-state index contributed by atoms with van der Waals surface area (Å²) in [5.74, 6) is 0. The average molecular weight is 251 g/mol. The van der Waals surface area contributed by atoms with Crippen LogP contribution < -0.4 is 16.2 Å². The minimum atomic E-state index is 0.470. The third-order valence-electron chi connectivity index (χ3n) is 2.35. The first kappa shape index (κ1) is 11.3. The van der Waals surface area contributed by atoms with Gasteiger partial charge in [-0.3, -0.25) is 0 Å². The first-order chi connectivity index (χ1) is 7.63. The van der Waals surface area contributed by atoms with E-state index in [1.54, 1.807) is 17.8 Å². The van der Waals surface area contributed by atoms with Crippen LogP contribution in [0.25, 0.3) is 22.9 Å². The number of pyridine rings is 1. The second-order valence-corrected chi connectivity index (χ2v) is 4.49. The Kier molecular flexibility index (Phi) is 3.08. The standard InChI is InChI=1S/C12H11ClN2S/c1-7-9-4-3-8(14)5-11(9)15-12(13)10(7)6-16-2/h3-6H,1,14H2,2H3/b10-6+. The molecule has 1 heterocycles. The van der Waals surface area contributed by atoms with Crippen molar-refractivity contribution in [1.82, 2.24) is 4.98 Å². The van der Waals surface area contributed by atoms with Crippen molar-refractivity contribution in [3.63, 3.8) is 0 Å². The van der Waals surface area contributed by atoms with Crippen LogP contribution in [0.1, 0.15) is 0 Å². The summed E-state index contributed by atoms with van der Waals surface area (Å²) in [7, 11) is 0. The number of benzene rings is 1. The molecule has 2 N–H and O–H groups in total. The van der Waals surface area contributed by atoms with Gasteiger partial charge in [0.2, 0.25) is 0 Å². The fourth-order valence-electron chi connectivity index (χ4n) is 1.57. The molecule has 2 rings (SSSR count). The zero-order valence-electron chi connectivity index (χ0n) is 8.83. The highest BCUT2D eigenvalue weighted by atomic mass is 35.5. The Hall–Kier alpha value is -1.19. The largest absolute Gasteiger partial charge is 0.399 e. The number of rotatable bonds is 1. The number of fused-ring (bicyclic) bond motifs is 1. The molecule has 0 aliphatic heterocycles. The maximum atomic E-state index is 6.10. The molecule has 1 aromatic heterocycles. The Bertz CT molecular complexity index is 652. The molecule has 0 fully saturated rings. The summed E-state index contributed by atoms with van der Waals surface area (Å²) in [6.07, 6.45) is 1.98. The maximum Gasteiger partial charge on any atom is 0.138 e. The lowest BCUT2D eigenvalue weighted by atomic mass is 10.1. The van der Waals surface area contributed by atoms with Crippen LogP contribution >= 0.6 is 23.4 Å². The Morgan fingerprint density at radius 2 is 2.25 bits per heavy atom. The summed E-state index contributed by atoms with van der Waals surface area (Å²) in [6, 6.07) is 5.57. The molecule has 0 radical (unpaired) electrons. The maximum absolute atomic E-state index is 6.10. The second kappa shape index (κ2) is 4.36. The van der Waals surface area contributed by atoms with Crippen LogP contribution in [0.5, 0.6) is 0 Å². The quantitative estimate of drug-likeness (QED) is 0.621. The number of anilines is 1. The third-order valence-corrected chi connectivity index (χ3v) is 3.11. The molecule has 0 saturated heterocycles. The number of halogens is 1. The molecule has 0 saturated carbocycles. The van der Waals surface area contributed by atoms with E-state index in [0.717, 1.165) is 21.3 Å². The van der Waals surface area contributed by atoms with Gasteiger partial charge in [-0.25, -0.2) is 4.98 Å². The Labute approximate surface area is 103 Å². The molecule has 0 spiro atoms. The summed E-state index contributed by atoms with van der Waals surface area (Å²) in [5, 5.41) is 5.18. The van der Waals surface area contributed by atoms with Crippen LogP contribution in [-0.2, 0) is 0 Å². The molecule has 0 aliphatic rings. The van der Waals surface area contributed by atoms with Crippen molar-refractivity contribution in [2.45, 2.75) is 0 Å². The highest BCUT2D eigenvalue weighted by Crippen LogP contribution is 2.12. The predicted octanol–water partition coefficient (Wildman–Crippen LogP) is 1.98. The lowest BCUT2D eigenvalue weighted by molar-refractivity contribution is 1.36. The fraction of sp³-hybridized carbons (Fsp3) is 0.0833. The van der Waals surface area contributed by atoms with Crippen LogP contribution in [0.4, 0.5) is 5.69 Å². The molecule has 1 aromatic carbocycles. The monoisotopic (exact) mass is 250 g/mol. The van der Waals surface area contributed by atoms with E-state index in [9.17, 15) is 0 Å². The molecule has 0 bridgehead atoms. The zero-order chi connectivity index (χ0) is 11.7. The fourth-order valence-corrected chi connectivity index (χ4v) is 2.38. The second-order valence-electron chi connectivity index (χ2n) is 3.42. The van der Waals surface area contributed by atoms with Crippen LogP contribution in [0.15, 0.2) is 18.2 Å². The molecule has 4 heteroatoms. The Balaban J connectivity index is 2.95. The molecule has 2 nitrogen and oxygen atoms in total. The van der Waals surface area contributed by atoms with Crippen molar-refractivity contribution >= 4 is 51.9 Å². The van der Waals surface area contributed by atoms with E-state index in [2.05, 4.69) is 11.6 Å². The summed E-state index contributed by atoms with van der Waals surface area (Å²) in [6.45, 7) is 4.05. The predicted molar refractivity (Wildman–Crippen MR) is 73.9 cm³/mol. The van der Waals surface area contributed by atoms with Crippen molar-refractivity contribution < 1.29 is 0 Å². The van der Waals surface area contributed by atoms with Crippen LogP contribution in [-0.4, -0.2) is 11.2 Å². The summed E-state index contributed by atoms with van der Waals surface area (Å²) < 4.78 is 0. The van der Waals surface area contributed by atoms with Crippen molar-refractivity contribution in [3.8, 4) is 0 Å². The van der Waals surface area contributed by atoms with Gasteiger partial charge in [-0.1, -0.05) is 24.2 Å². The molecule has 16 heavy (non-hydrogen) atoms. The molecule has 82 valence electrons. The smallest absolute Gasteiger partial charge is 0.138 e. The molecule has 0 amide bonds. The van der Waals surface area contributed by atoms with Gasteiger partial charge < -0.3 is 5.73 Å². The van der Waals surface area contributed by atoms with E-state index in [1.165, 1.54) is 0 Å². The van der Waals surface area contributed by atoms with E-state index in [1.807, 2.05) is 23.8 Å². The Morgan fingerprint density at radius 1 is 1.50 bits per heavy atom. The molecule has 0 aliphatic carbocycles. The minimum Gasteiger partial charge on any atom is -0.399 e. The molecule has 0 unspecified atom stereocenters. The van der Waals surface area contributed by atoms with Gasteiger partial charge in [0.25, 0.3) is 0 Å². The highest BCUT2D eigenvalue weighted by molar-refractivity contribution is 8.05. The van der Waals surface area contributed by atoms with E-state index in [4.69, 9.17) is 17.3 Å². The normalized spacial score (nSPS) is 12.2. The van der Waals surface area contributed by atoms with E-state index >= 15 is 0 Å². The summed E-state index contributed by atoms with van der Waals surface area (Å²) in [5.41, 5.74) is 7.17. The first-order valence-electron chi connectivity index (χ1n) is 4.70.